The molecule has 20 heavy (non-hydrogen) atoms. The quantitative estimate of drug-likeness (QED) is 0.849. The first kappa shape index (κ1) is 14.6. The maximum absolute atomic E-state index is 11.3. The maximum Gasteiger partial charge on any atom is 0.339 e. The van der Waals surface area contributed by atoms with E-state index in [9.17, 15) is 9.90 Å². The second-order valence-corrected chi connectivity index (χ2v) is 5.71. The fourth-order valence-corrected chi connectivity index (χ4v) is 2.76. The van der Waals surface area contributed by atoms with E-state index < -0.39 is 5.97 Å². The molecule has 2 aromatic heterocycles. The molecule has 2 N–H and O–H groups in total. The van der Waals surface area contributed by atoms with E-state index in [0.717, 1.165) is 17.7 Å². The second-order valence-electron chi connectivity index (χ2n) is 4.80. The molecule has 6 nitrogen and oxygen atoms in total. The number of carboxylic acid groups (broad SMARTS) is 1. The van der Waals surface area contributed by atoms with Gasteiger partial charge >= 0.3 is 5.97 Å². The fourth-order valence-electron chi connectivity index (χ4n) is 2.07. The van der Waals surface area contributed by atoms with Crippen LogP contribution < -0.4 is 5.32 Å². The third-order valence-electron chi connectivity index (χ3n) is 3.07. The number of aryl methyl sites for hydroxylation is 1. The Morgan fingerprint density at radius 1 is 1.55 bits per heavy atom. The van der Waals surface area contributed by atoms with Crippen molar-refractivity contribution >= 4 is 34.5 Å². The summed E-state index contributed by atoms with van der Waals surface area (Å²) < 4.78 is 1.64. The number of aromatic nitrogens is 3. The third-order valence-corrected chi connectivity index (χ3v) is 3.97. The smallest absolute Gasteiger partial charge is 0.339 e. The molecule has 0 fully saturated rings. The largest absolute Gasteiger partial charge is 0.478 e. The van der Waals surface area contributed by atoms with Crippen LogP contribution >= 0.6 is 11.8 Å². The molecule has 0 aromatic carbocycles. The Morgan fingerprint density at radius 2 is 2.30 bits per heavy atom. The second kappa shape index (κ2) is 6.13. The molecular formula is C13H18N4O2S. The van der Waals surface area contributed by atoms with Crippen molar-refractivity contribution in [1.82, 2.24) is 14.8 Å². The van der Waals surface area contributed by atoms with Gasteiger partial charge in [0.15, 0.2) is 5.65 Å². The molecule has 0 spiro atoms. The van der Waals surface area contributed by atoms with Crippen LogP contribution in [0.2, 0.25) is 0 Å². The van der Waals surface area contributed by atoms with Crippen molar-refractivity contribution in [3.05, 3.63) is 18.0 Å². The number of nitrogens with zero attached hydrogens (tertiary/aromatic N) is 3. The van der Waals surface area contributed by atoms with E-state index in [1.807, 2.05) is 0 Å². The number of carboxylic acids is 1. The topological polar surface area (TPSA) is 80.0 Å². The Balaban J connectivity index is 2.37. The number of hydrogen-bond acceptors (Lipinski definition) is 5. The summed E-state index contributed by atoms with van der Waals surface area (Å²) in [7, 11) is 1.79. The summed E-state index contributed by atoms with van der Waals surface area (Å²) in [6, 6.07) is 0. The molecule has 2 rings (SSSR count). The SMILES string of the molecule is CSCC(C)CNc1c(C(=O)O)cnc2c1cnn2C. The summed E-state index contributed by atoms with van der Waals surface area (Å²) >= 11 is 1.78. The van der Waals surface area contributed by atoms with Crippen LogP contribution in [-0.4, -0.2) is 44.4 Å². The van der Waals surface area contributed by atoms with Crippen molar-refractivity contribution < 1.29 is 9.90 Å². The zero-order valence-corrected chi connectivity index (χ0v) is 12.6. The molecule has 108 valence electrons. The van der Waals surface area contributed by atoms with Crippen molar-refractivity contribution in [3.8, 4) is 0 Å². The highest BCUT2D eigenvalue weighted by atomic mass is 32.2. The maximum atomic E-state index is 11.3. The van der Waals surface area contributed by atoms with Crippen LogP contribution in [0.4, 0.5) is 5.69 Å². The third kappa shape index (κ3) is 2.87. The molecule has 1 atom stereocenters. The van der Waals surface area contributed by atoms with E-state index >= 15 is 0 Å². The van der Waals surface area contributed by atoms with E-state index in [-0.39, 0.29) is 5.56 Å². The lowest BCUT2D eigenvalue weighted by atomic mass is 10.1. The molecule has 0 amide bonds. The zero-order chi connectivity index (χ0) is 14.7. The van der Waals surface area contributed by atoms with Crippen LogP contribution in [0.1, 0.15) is 17.3 Å². The highest BCUT2D eigenvalue weighted by Gasteiger charge is 2.17. The summed E-state index contributed by atoms with van der Waals surface area (Å²) in [4.78, 5) is 15.5. The van der Waals surface area contributed by atoms with Gasteiger partial charge in [-0.1, -0.05) is 6.92 Å². The highest BCUT2D eigenvalue weighted by Crippen LogP contribution is 2.26. The van der Waals surface area contributed by atoms with E-state index in [1.165, 1.54) is 6.20 Å². The van der Waals surface area contributed by atoms with Gasteiger partial charge in [0, 0.05) is 19.8 Å². The lowest BCUT2D eigenvalue weighted by molar-refractivity contribution is 0.0697. The van der Waals surface area contributed by atoms with Crippen LogP contribution in [0.15, 0.2) is 12.4 Å². The zero-order valence-electron chi connectivity index (χ0n) is 11.8. The van der Waals surface area contributed by atoms with Gasteiger partial charge in [0.25, 0.3) is 0 Å². The minimum atomic E-state index is -0.983. The average Bonchev–Trinajstić information content (AvgIpc) is 2.78. The molecule has 0 bridgehead atoms. The number of fused-ring (bicyclic) bond motifs is 1. The minimum absolute atomic E-state index is 0.182. The number of hydrogen-bond donors (Lipinski definition) is 2. The van der Waals surface area contributed by atoms with Gasteiger partial charge in [0.05, 0.1) is 17.3 Å². The molecule has 0 aliphatic carbocycles. The predicted octanol–water partition coefficient (Wildman–Crippen LogP) is 2.08. The van der Waals surface area contributed by atoms with Gasteiger partial charge in [0.1, 0.15) is 5.56 Å². The molecule has 0 radical (unpaired) electrons. The van der Waals surface area contributed by atoms with Gasteiger partial charge in [0.2, 0.25) is 0 Å². The molecule has 2 aromatic rings. The Hall–Kier alpha value is -1.76. The number of rotatable bonds is 6. The first-order chi connectivity index (χ1) is 9.54. The van der Waals surface area contributed by atoms with Crippen molar-refractivity contribution in [1.29, 1.82) is 0 Å². The Bertz CT molecular complexity index is 626. The van der Waals surface area contributed by atoms with Crippen molar-refractivity contribution in [2.75, 3.05) is 23.9 Å². The summed E-state index contributed by atoms with van der Waals surface area (Å²) in [5, 5.41) is 17.4. The monoisotopic (exact) mass is 294 g/mol. The first-order valence-electron chi connectivity index (χ1n) is 6.31. The molecule has 0 saturated heterocycles. The van der Waals surface area contributed by atoms with Crippen molar-refractivity contribution in [2.24, 2.45) is 13.0 Å². The Labute approximate surface area is 121 Å². The highest BCUT2D eigenvalue weighted by molar-refractivity contribution is 7.98. The van der Waals surface area contributed by atoms with Crippen LogP contribution in [0.25, 0.3) is 11.0 Å². The molecule has 0 aliphatic heterocycles. The lowest BCUT2D eigenvalue weighted by Crippen LogP contribution is -2.16. The summed E-state index contributed by atoms with van der Waals surface area (Å²) in [5.74, 6) is 0.492. The van der Waals surface area contributed by atoms with E-state index in [2.05, 4.69) is 28.6 Å². The van der Waals surface area contributed by atoms with Gasteiger partial charge in [-0.15, -0.1) is 0 Å². The number of aromatic carboxylic acids is 1. The summed E-state index contributed by atoms with van der Waals surface area (Å²) in [5.41, 5.74) is 1.46. The summed E-state index contributed by atoms with van der Waals surface area (Å²) in [6.07, 6.45) is 5.09. The predicted molar refractivity (Wildman–Crippen MR) is 81.5 cm³/mol. The van der Waals surface area contributed by atoms with E-state index in [1.54, 1.807) is 29.7 Å². The van der Waals surface area contributed by atoms with Crippen LogP contribution in [-0.2, 0) is 7.05 Å². The molecular weight excluding hydrogens is 276 g/mol. The molecule has 1 unspecified atom stereocenters. The van der Waals surface area contributed by atoms with Crippen LogP contribution in [0.3, 0.4) is 0 Å². The average molecular weight is 294 g/mol. The Morgan fingerprint density at radius 3 is 2.95 bits per heavy atom. The fraction of sp³-hybridized carbons (Fsp3) is 0.462. The number of anilines is 1. The van der Waals surface area contributed by atoms with E-state index in [4.69, 9.17) is 0 Å². The standard InChI is InChI=1S/C13H18N4O2S/c1-8(7-20-3)4-14-11-9-6-16-17(2)12(9)15-5-10(11)13(18)19/h5-6,8H,4,7H2,1-3H3,(H,14,15)(H,18,19). The summed E-state index contributed by atoms with van der Waals surface area (Å²) in [6.45, 7) is 2.85. The van der Waals surface area contributed by atoms with Crippen LogP contribution in [0.5, 0.6) is 0 Å². The normalized spacial score (nSPS) is 12.6. The number of thioether (sulfide) groups is 1. The van der Waals surface area contributed by atoms with Crippen LogP contribution in [0, 0.1) is 5.92 Å². The van der Waals surface area contributed by atoms with Gasteiger partial charge < -0.3 is 10.4 Å². The number of carbonyl (C=O) groups is 1. The molecule has 7 heteroatoms. The molecule has 2 heterocycles. The van der Waals surface area contributed by atoms with Crippen molar-refractivity contribution in [3.63, 3.8) is 0 Å². The van der Waals surface area contributed by atoms with Gasteiger partial charge in [-0.3, -0.25) is 4.68 Å². The van der Waals surface area contributed by atoms with Gasteiger partial charge in [-0.25, -0.2) is 9.78 Å². The van der Waals surface area contributed by atoms with Crippen molar-refractivity contribution in [2.45, 2.75) is 6.92 Å². The van der Waals surface area contributed by atoms with Gasteiger partial charge in [-0.2, -0.15) is 16.9 Å². The number of nitrogens with one attached hydrogen (secondary N) is 1. The molecule has 0 saturated carbocycles. The first-order valence-corrected chi connectivity index (χ1v) is 7.70. The number of pyridine rings is 1. The van der Waals surface area contributed by atoms with Gasteiger partial charge in [-0.05, 0) is 17.9 Å². The minimum Gasteiger partial charge on any atom is -0.478 e. The van der Waals surface area contributed by atoms with E-state index in [0.29, 0.717) is 17.3 Å². The lowest BCUT2D eigenvalue weighted by Gasteiger charge is -2.14. The Kier molecular flexibility index (Phi) is 4.49. The molecule has 0 aliphatic rings.